The lowest BCUT2D eigenvalue weighted by molar-refractivity contribution is -0.138. The van der Waals surface area contributed by atoms with Crippen LogP contribution < -0.4 is 11.1 Å². The fourth-order valence-corrected chi connectivity index (χ4v) is 6.64. The Morgan fingerprint density at radius 3 is 2.50 bits per heavy atom. The van der Waals surface area contributed by atoms with E-state index in [1.54, 1.807) is 0 Å². The zero-order chi connectivity index (χ0) is 15.5. The molecule has 0 radical (unpaired) electrons. The summed E-state index contributed by atoms with van der Waals surface area (Å²) in [6, 6.07) is 4.61. The van der Waals surface area contributed by atoms with Crippen LogP contribution in [-0.2, 0) is 6.54 Å². The number of hydrogen-bond acceptors (Lipinski definition) is 3. The Hall–Kier alpha value is -0.100. The van der Waals surface area contributed by atoms with Gasteiger partial charge in [-0.3, -0.25) is 0 Å². The van der Waals surface area contributed by atoms with Gasteiger partial charge in [0.25, 0.3) is 0 Å². The van der Waals surface area contributed by atoms with E-state index >= 15 is 0 Å². The van der Waals surface area contributed by atoms with Crippen molar-refractivity contribution in [2.75, 3.05) is 5.73 Å². The van der Waals surface area contributed by atoms with Gasteiger partial charge in [0.05, 0.1) is 11.3 Å². The minimum absolute atomic E-state index is 0.355. The molecule has 1 aromatic rings. The van der Waals surface area contributed by atoms with Gasteiger partial charge in [-0.15, -0.1) is 0 Å². The molecule has 0 heterocycles. The molecular formula is C17H22Br2N2O. The van der Waals surface area contributed by atoms with E-state index in [4.69, 9.17) is 5.73 Å². The second-order valence-electron chi connectivity index (χ2n) is 7.56. The number of aliphatic hydroxyl groups is 1. The maximum atomic E-state index is 10.7. The highest BCUT2D eigenvalue weighted by Crippen LogP contribution is 2.55. The molecule has 0 spiro atoms. The van der Waals surface area contributed by atoms with Crippen molar-refractivity contribution in [3.63, 3.8) is 0 Å². The molecule has 5 heteroatoms. The molecule has 1 aromatic carbocycles. The summed E-state index contributed by atoms with van der Waals surface area (Å²) in [6.45, 7) is 0.796. The zero-order valence-corrected chi connectivity index (χ0v) is 15.7. The summed E-state index contributed by atoms with van der Waals surface area (Å²) in [5.74, 6) is 2.02. The van der Waals surface area contributed by atoms with Crippen LogP contribution >= 0.6 is 31.9 Å². The van der Waals surface area contributed by atoms with Gasteiger partial charge in [0.2, 0.25) is 0 Å². The molecule has 120 valence electrons. The van der Waals surface area contributed by atoms with Crippen LogP contribution in [0.5, 0.6) is 0 Å². The second kappa shape index (κ2) is 5.47. The highest BCUT2D eigenvalue weighted by Gasteiger charge is 2.54. The summed E-state index contributed by atoms with van der Waals surface area (Å²) in [5.41, 5.74) is 7.78. The molecule has 4 fully saturated rings. The first-order chi connectivity index (χ1) is 10.4. The van der Waals surface area contributed by atoms with E-state index in [2.05, 4.69) is 43.2 Å². The summed E-state index contributed by atoms with van der Waals surface area (Å²) >= 11 is 7.05. The van der Waals surface area contributed by atoms with Gasteiger partial charge in [-0.1, -0.05) is 15.9 Å². The summed E-state index contributed by atoms with van der Waals surface area (Å²) in [7, 11) is 0. The highest BCUT2D eigenvalue weighted by molar-refractivity contribution is 9.11. The lowest BCUT2D eigenvalue weighted by atomic mass is 9.52. The number of halogens is 2. The van der Waals surface area contributed by atoms with Gasteiger partial charge in [0.1, 0.15) is 0 Å². The van der Waals surface area contributed by atoms with E-state index in [1.165, 1.54) is 12.8 Å². The van der Waals surface area contributed by atoms with Crippen molar-refractivity contribution < 1.29 is 5.11 Å². The predicted molar refractivity (Wildman–Crippen MR) is 95.4 cm³/mol. The van der Waals surface area contributed by atoms with Crippen LogP contribution in [0.15, 0.2) is 21.1 Å². The maximum Gasteiger partial charge on any atom is 0.0657 e. The van der Waals surface area contributed by atoms with Crippen molar-refractivity contribution in [1.82, 2.24) is 5.32 Å². The Kier molecular flexibility index (Phi) is 3.84. The van der Waals surface area contributed by atoms with Crippen molar-refractivity contribution in [3.8, 4) is 0 Å². The molecule has 0 aromatic heterocycles. The normalized spacial score (nSPS) is 39.4. The first-order valence-corrected chi connectivity index (χ1v) is 9.71. The lowest BCUT2D eigenvalue weighted by Crippen LogP contribution is -2.60. The van der Waals surface area contributed by atoms with E-state index in [-0.39, 0.29) is 5.60 Å². The Balaban J connectivity index is 1.49. The first-order valence-electron chi connectivity index (χ1n) is 8.13. The van der Waals surface area contributed by atoms with Gasteiger partial charge >= 0.3 is 0 Å². The molecule has 4 saturated carbocycles. The van der Waals surface area contributed by atoms with Gasteiger partial charge in [-0.25, -0.2) is 0 Å². The number of benzene rings is 1. The van der Waals surface area contributed by atoms with Gasteiger partial charge in [0, 0.05) is 21.5 Å². The molecule has 0 amide bonds. The van der Waals surface area contributed by atoms with Gasteiger partial charge in [-0.2, -0.15) is 0 Å². The van der Waals surface area contributed by atoms with Crippen molar-refractivity contribution in [3.05, 3.63) is 26.6 Å². The SMILES string of the molecule is Nc1c(Br)cc(Br)cc1CNC1C2CC3CC1CC(O)(C3)C2. The zero-order valence-electron chi connectivity index (χ0n) is 12.5. The maximum absolute atomic E-state index is 10.7. The highest BCUT2D eigenvalue weighted by atomic mass is 79.9. The molecule has 0 saturated heterocycles. The Morgan fingerprint density at radius 1 is 1.18 bits per heavy atom. The van der Waals surface area contributed by atoms with E-state index in [0.717, 1.165) is 51.9 Å². The lowest BCUT2D eigenvalue weighted by Gasteiger charge is -2.58. The molecule has 4 aliphatic carbocycles. The standard InChI is InChI=1S/C17H22Br2N2O/c18-13-3-12(15(20)14(19)4-13)8-21-16-10-1-9-2-11(16)7-17(22,5-9)6-10/h3-4,9-11,16,21-22H,1-2,5-8,20H2. The molecule has 22 heavy (non-hydrogen) atoms. The summed E-state index contributed by atoms with van der Waals surface area (Å²) in [4.78, 5) is 0. The van der Waals surface area contributed by atoms with Crippen molar-refractivity contribution in [2.24, 2.45) is 17.8 Å². The van der Waals surface area contributed by atoms with Crippen LogP contribution in [0.4, 0.5) is 5.69 Å². The fourth-order valence-electron chi connectivity index (χ4n) is 5.33. The van der Waals surface area contributed by atoms with Crippen LogP contribution in [0.3, 0.4) is 0 Å². The number of nitrogens with two attached hydrogens (primary N) is 1. The van der Waals surface area contributed by atoms with Crippen LogP contribution in [0.1, 0.15) is 37.7 Å². The molecule has 2 atom stereocenters. The third kappa shape index (κ3) is 2.64. The minimum atomic E-state index is -0.355. The van der Waals surface area contributed by atoms with E-state index in [9.17, 15) is 5.11 Å². The second-order valence-corrected chi connectivity index (χ2v) is 9.33. The molecule has 5 rings (SSSR count). The predicted octanol–water partition coefficient (Wildman–Crippen LogP) is 3.82. The minimum Gasteiger partial charge on any atom is -0.398 e. The van der Waals surface area contributed by atoms with E-state index < -0.39 is 0 Å². The average Bonchev–Trinajstić information content (AvgIpc) is 2.41. The molecule has 4 N–H and O–H groups in total. The van der Waals surface area contributed by atoms with E-state index in [0.29, 0.717) is 17.9 Å². The Labute approximate surface area is 148 Å². The Morgan fingerprint density at radius 2 is 1.86 bits per heavy atom. The quantitative estimate of drug-likeness (QED) is 0.640. The van der Waals surface area contributed by atoms with Crippen LogP contribution in [0.2, 0.25) is 0 Å². The summed E-state index contributed by atoms with van der Waals surface area (Å²) in [5, 5.41) is 14.4. The number of nitrogen functional groups attached to an aromatic ring is 1. The number of anilines is 1. The van der Waals surface area contributed by atoms with Gasteiger partial charge < -0.3 is 16.2 Å². The van der Waals surface area contributed by atoms with Crippen LogP contribution in [-0.4, -0.2) is 16.7 Å². The summed E-state index contributed by atoms with van der Waals surface area (Å²) < 4.78 is 1.99. The fraction of sp³-hybridized carbons (Fsp3) is 0.647. The number of rotatable bonds is 3. The van der Waals surface area contributed by atoms with Crippen LogP contribution in [0, 0.1) is 17.8 Å². The molecule has 4 bridgehead atoms. The van der Waals surface area contributed by atoms with Gasteiger partial charge in [0.15, 0.2) is 0 Å². The first kappa shape index (κ1) is 15.4. The van der Waals surface area contributed by atoms with Crippen molar-refractivity contribution in [1.29, 1.82) is 0 Å². The van der Waals surface area contributed by atoms with Crippen LogP contribution in [0.25, 0.3) is 0 Å². The van der Waals surface area contributed by atoms with E-state index in [1.807, 2.05) is 6.07 Å². The smallest absolute Gasteiger partial charge is 0.0657 e. The number of nitrogens with one attached hydrogen (secondary N) is 1. The monoisotopic (exact) mass is 428 g/mol. The third-order valence-electron chi connectivity index (χ3n) is 5.95. The molecule has 0 aliphatic heterocycles. The summed E-state index contributed by atoms with van der Waals surface area (Å²) in [6.07, 6.45) is 5.57. The largest absolute Gasteiger partial charge is 0.398 e. The molecule has 2 unspecified atom stereocenters. The molecule has 3 nitrogen and oxygen atoms in total. The molecule has 4 aliphatic rings. The van der Waals surface area contributed by atoms with Crippen molar-refractivity contribution in [2.45, 2.75) is 50.3 Å². The Bertz CT molecular complexity index is 591. The third-order valence-corrected chi connectivity index (χ3v) is 7.06. The topological polar surface area (TPSA) is 58.3 Å². The number of hydrogen-bond donors (Lipinski definition) is 3. The average molecular weight is 430 g/mol. The molecular weight excluding hydrogens is 408 g/mol. The van der Waals surface area contributed by atoms with Gasteiger partial charge in [-0.05, 0) is 83.5 Å². The van der Waals surface area contributed by atoms with Crippen molar-refractivity contribution >= 4 is 37.5 Å².